The van der Waals surface area contributed by atoms with Gasteiger partial charge in [0.25, 0.3) is 0 Å². The summed E-state index contributed by atoms with van der Waals surface area (Å²) in [7, 11) is 0. The van der Waals surface area contributed by atoms with Gasteiger partial charge in [-0.15, -0.1) is 0 Å². The zero-order valence-corrected chi connectivity index (χ0v) is 14.0. The highest BCUT2D eigenvalue weighted by Crippen LogP contribution is 2.27. The highest BCUT2D eigenvalue weighted by Gasteiger charge is 2.28. The van der Waals surface area contributed by atoms with Crippen LogP contribution in [0, 0.1) is 11.3 Å². The van der Waals surface area contributed by atoms with Gasteiger partial charge in [0.15, 0.2) is 5.17 Å². The zero-order chi connectivity index (χ0) is 14.3. The van der Waals surface area contributed by atoms with E-state index < -0.39 is 0 Å². The molecule has 3 nitrogen and oxygen atoms in total. The van der Waals surface area contributed by atoms with Crippen molar-refractivity contribution in [2.45, 2.75) is 53.5 Å². The molecule has 4 heteroatoms. The summed E-state index contributed by atoms with van der Waals surface area (Å²) in [4.78, 5) is 4.61. The van der Waals surface area contributed by atoms with Gasteiger partial charge in [-0.25, -0.2) is 0 Å². The molecule has 1 heterocycles. The van der Waals surface area contributed by atoms with Crippen LogP contribution in [-0.2, 0) is 4.74 Å². The van der Waals surface area contributed by atoms with Crippen LogP contribution in [0.1, 0.15) is 47.5 Å². The van der Waals surface area contributed by atoms with Crippen molar-refractivity contribution in [2.75, 3.05) is 25.5 Å². The van der Waals surface area contributed by atoms with Crippen LogP contribution in [0.15, 0.2) is 4.99 Å². The molecule has 0 aliphatic carbocycles. The summed E-state index contributed by atoms with van der Waals surface area (Å²) in [6.45, 7) is 13.7. The smallest absolute Gasteiger partial charge is 0.156 e. The lowest BCUT2D eigenvalue weighted by Crippen LogP contribution is -2.46. The monoisotopic (exact) mass is 286 g/mol. The Kier molecular flexibility index (Phi) is 7.22. The summed E-state index contributed by atoms with van der Waals surface area (Å²) in [5.41, 5.74) is 0.301. The van der Waals surface area contributed by atoms with Crippen molar-refractivity contribution < 1.29 is 4.74 Å². The predicted molar refractivity (Wildman–Crippen MR) is 86.0 cm³/mol. The maximum Gasteiger partial charge on any atom is 0.156 e. The average Bonchev–Trinajstić information content (AvgIpc) is 2.32. The highest BCUT2D eigenvalue weighted by atomic mass is 32.2. The zero-order valence-electron chi connectivity index (χ0n) is 13.2. The van der Waals surface area contributed by atoms with Crippen LogP contribution in [0.25, 0.3) is 0 Å². The fraction of sp³-hybridized carbons (Fsp3) is 0.933. The van der Waals surface area contributed by atoms with Gasteiger partial charge < -0.3 is 10.1 Å². The minimum Gasteiger partial charge on any atom is -0.380 e. The van der Waals surface area contributed by atoms with Gasteiger partial charge in [-0.05, 0) is 24.2 Å². The van der Waals surface area contributed by atoms with Crippen LogP contribution >= 0.6 is 11.8 Å². The number of amidine groups is 1. The lowest BCUT2D eigenvalue weighted by molar-refractivity contribution is 0.130. The molecule has 1 saturated heterocycles. The standard InChI is InChI=1S/C15H30N2OS/c1-12(2)6-9-18-10-8-16-14-17-13(7-11-19-14)15(3,4)5/h12-13H,6-11H2,1-5H3,(H,16,17). The van der Waals surface area contributed by atoms with Crippen molar-refractivity contribution >= 4 is 16.9 Å². The van der Waals surface area contributed by atoms with E-state index in [0.29, 0.717) is 11.5 Å². The lowest BCUT2D eigenvalue weighted by Gasteiger charge is -2.35. The van der Waals surface area contributed by atoms with Crippen molar-refractivity contribution in [3.8, 4) is 0 Å². The number of aliphatic imine (C=N–C) groups is 1. The quantitative estimate of drug-likeness (QED) is 0.758. The molecule has 0 aromatic rings. The first-order valence-corrected chi connectivity index (χ1v) is 8.39. The SMILES string of the molecule is CC(C)CCOCCN=C1NC(C(C)(C)C)CCS1. The van der Waals surface area contributed by atoms with Crippen molar-refractivity contribution in [3.05, 3.63) is 0 Å². The third-order valence-electron chi connectivity index (χ3n) is 3.32. The first kappa shape index (κ1) is 16.8. The highest BCUT2D eigenvalue weighted by molar-refractivity contribution is 8.13. The van der Waals surface area contributed by atoms with E-state index in [1.165, 1.54) is 12.2 Å². The molecule has 1 aliphatic heterocycles. The van der Waals surface area contributed by atoms with E-state index in [1.807, 2.05) is 11.8 Å². The summed E-state index contributed by atoms with van der Waals surface area (Å²) in [5, 5.41) is 4.66. The largest absolute Gasteiger partial charge is 0.380 e. The predicted octanol–water partition coefficient (Wildman–Crippen LogP) is 3.55. The molecular formula is C15H30N2OS. The van der Waals surface area contributed by atoms with Crippen LogP contribution < -0.4 is 5.32 Å². The molecule has 1 fully saturated rings. The maximum atomic E-state index is 5.59. The molecule has 1 N–H and O–H groups in total. The molecule has 0 bridgehead atoms. The second-order valence-corrected chi connectivity index (χ2v) is 7.77. The van der Waals surface area contributed by atoms with Gasteiger partial charge in [0.1, 0.15) is 0 Å². The fourth-order valence-electron chi connectivity index (χ4n) is 1.91. The van der Waals surface area contributed by atoms with Gasteiger partial charge in [0.2, 0.25) is 0 Å². The summed E-state index contributed by atoms with van der Waals surface area (Å²) in [5.74, 6) is 1.89. The number of hydrogen-bond donors (Lipinski definition) is 1. The molecule has 0 saturated carbocycles. The van der Waals surface area contributed by atoms with Gasteiger partial charge in [0.05, 0.1) is 13.2 Å². The molecule has 1 aliphatic rings. The van der Waals surface area contributed by atoms with Crippen molar-refractivity contribution in [3.63, 3.8) is 0 Å². The van der Waals surface area contributed by atoms with Crippen LogP contribution in [0.5, 0.6) is 0 Å². The normalized spacial score (nSPS) is 22.8. The summed E-state index contributed by atoms with van der Waals surface area (Å²) < 4.78 is 5.59. The molecule has 1 rings (SSSR count). The number of nitrogens with zero attached hydrogens (tertiary/aromatic N) is 1. The molecule has 1 atom stereocenters. The van der Waals surface area contributed by atoms with Crippen molar-refractivity contribution in [2.24, 2.45) is 16.3 Å². The summed E-state index contributed by atoms with van der Waals surface area (Å²) >= 11 is 1.84. The van der Waals surface area contributed by atoms with Gasteiger partial charge in [-0.1, -0.05) is 46.4 Å². The molecule has 19 heavy (non-hydrogen) atoms. The van der Waals surface area contributed by atoms with E-state index >= 15 is 0 Å². The number of rotatable bonds is 6. The van der Waals surface area contributed by atoms with Gasteiger partial charge in [-0.2, -0.15) is 0 Å². The molecule has 0 spiro atoms. The summed E-state index contributed by atoms with van der Waals surface area (Å²) in [6, 6.07) is 0.536. The topological polar surface area (TPSA) is 33.6 Å². The average molecular weight is 286 g/mol. The first-order chi connectivity index (χ1) is 8.89. The van der Waals surface area contributed by atoms with E-state index in [0.717, 1.165) is 37.3 Å². The third-order valence-corrected chi connectivity index (χ3v) is 4.28. The van der Waals surface area contributed by atoms with E-state index in [9.17, 15) is 0 Å². The van der Waals surface area contributed by atoms with Gasteiger partial charge >= 0.3 is 0 Å². The lowest BCUT2D eigenvalue weighted by atomic mass is 9.85. The second kappa shape index (κ2) is 8.15. The van der Waals surface area contributed by atoms with Gasteiger partial charge in [0, 0.05) is 18.4 Å². The fourth-order valence-corrected chi connectivity index (χ4v) is 2.87. The van der Waals surface area contributed by atoms with E-state index in [4.69, 9.17) is 4.74 Å². The Morgan fingerprint density at radius 1 is 1.37 bits per heavy atom. The molecule has 0 aromatic carbocycles. The van der Waals surface area contributed by atoms with Crippen molar-refractivity contribution in [1.82, 2.24) is 5.32 Å². The Bertz CT molecular complexity index is 284. The second-order valence-electron chi connectivity index (χ2n) is 6.68. The summed E-state index contributed by atoms with van der Waals surface area (Å²) in [6.07, 6.45) is 2.35. The van der Waals surface area contributed by atoms with E-state index in [-0.39, 0.29) is 0 Å². The Balaban J connectivity index is 2.22. The van der Waals surface area contributed by atoms with Crippen molar-refractivity contribution in [1.29, 1.82) is 0 Å². The Hall–Kier alpha value is -0.220. The minimum absolute atomic E-state index is 0.301. The Morgan fingerprint density at radius 2 is 2.11 bits per heavy atom. The Morgan fingerprint density at radius 3 is 2.74 bits per heavy atom. The van der Waals surface area contributed by atoms with Crippen LogP contribution in [-0.4, -0.2) is 36.7 Å². The molecule has 0 radical (unpaired) electrons. The van der Waals surface area contributed by atoms with Gasteiger partial charge in [-0.3, -0.25) is 4.99 Å². The maximum absolute atomic E-state index is 5.59. The molecule has 1 unspecified atom stereocenters. The number of thioether (sulfide) groups is 1. The minimum atomic E-state index is 0.301. The number of ether oxygens (including phenoxy) is 1. The molecule has 112 valence electrons. The third kappa shape index (κ3) is 7.21. The molecule has 0 aromatic heterocycles. The van der Waals surface area contributed by atoms with Crippen LogP contribution in [0.4, 0.5) is 0 Å². The van der Waals surface area contributed by atoms with Crippen LogP contribution in [0.2, 0.25) is 0 Å². The van der Waals surface area contributed by atoms with E-state index in [1.54, 1.807) is 0 Å². The first-order valence-electron chi connectivity index (χ1n) is 7.41. The number of nitrogens with one attached hydrogen (secondary N) is 1. The Labute approximate surface area is 123 Å². The molecule has 0 amide bonds. The molecular weight excluding hydrogens is 256 g/mol. The van der Waals surface area contributed by atoms with E-state index in [2.05, 4.69) is 44.9 Å². The van der Waals surface area contributed by atoms with Crippen LogP contribution in [0.3, 0.4) is 0 Å². The number of hydrogen-bond acceptors (Lipinski definition) is 3.